The maximum absolute atomic E-state index is 4.61. The van der Waals surface area contributed by atoms with Crippen molar-refractivity contribution in [2.24, 2.45) is 0 Å². The highest BCUT2D eigenvalue weighted by molar-refractivity contribution is 6.15. The van der Waals surface area contributed by atoms with Crippen molar-refractivity contribution in [1.29, 1.82) is 0 Å². The molecule has 1 aliphatic heterocycles. The Kier molecular flexibility index (Phi) is 7.14. The van der Waals surface area contributed by atoms with E-state index in [4.69, 9.17) is 0 Å². The number of likely N-dealkylation sites (N-methyl/N-ethyl adjacent to an activating group) is 1. The van der Waals surface area contributed by atoms with Crippen LogP contribution in [0.15, 0.2) is 0 Å². The van der Waals surface area contributed by atoms with E-state index in [1.54, 1.807) is 0 Å². The van der Waals surface area contributed by atoms with E-state index < -0.39 is 0 Å². The molecule has 1 unspecified atom stereocenters. The highest BCUT2D eigenvalue weighted by Gasteiger charge is 2.23. The molecular formula is C17H30AlN7. The van der Waals surface area contributed by atoms with Crippen LogP contribution >= 0.6 is 0 Å². The summed E-state index contributed by atoms with van der Waals surface area (Å²) in [5.74, 6) is 1.91. The molecule has 0 aromatic carbocycles. The molecule has 1 atom stereocenters. The molecule has 1 saturated carbocycles. The first kappa shape index (κ1) is 18.7. The van der Waals surface area contributed by atoms with Gasteiger partial charge in [-0.15, -0.1) is 0 Å². The normalized spacial score (nSPS) is 22.5. The van der Waals surface area contributed by atoms with E-state index in [1.807, 2.05) is 0 Å². The zero-order valence-electron chi connectivity index (χ0n) is 15.3. The zero-order chi connectivity index (χ0) is 17.5. The van der Waals surface area contributed by atoms with Gasteiger partial charge in [0.2, 0.25) is 17.8 Å². The van der Waals surface area contributed by atoms with Gasteiger partial charge in [0.05, 0.1) is 0 Å². The third kappa shape index (κ3) is 5.44. The van der Waals surface area contributed by atoms with Gasteiger partial charge in [0.1, 0.15) is 0 Å². The molecule has 136 valence electrons. The summed E-state index contributed by atoms with van der Waals surface area (Å²) in [5.41, 5.74) is 0. The Morgan fingerprint density at radius 3 is 2.40 bits per heavy atom. The lowest BCUT2D eigenvalue weighted by Crippen LogP contribution is -2.35. The number of likely N-dealkylation sites (tertiary alicyclic amines) is 1. The van der Waals surface area contributed by atoms with Gasteiger partial charge < -0.3 is 14.9 Å². The topological polar surface area (TPSA) is 78.0 Å². The van der Waals surface area contributed by atoms with Gasteiger partial charge in [-0.05, 0) is 38.8 Å². The van der Waals surface area contributed by atoms with E-state index in [0.29, 0.717) is 29.9 Å². The summed E-state index contributed by atoms with van der Waals surface area (Å²) >= 11 is 2.47. The van der Waals surface area contributed by atoms with Gasteiger partial charge in [0.25, 0.3) is 0 Å². The van der Waals surface area contributed by atoms with Gasteiger partial charge in [0.15, 0.2) is 0 Å². The fourth-order valence-electron chi connectivity index (χ4n) is 3.94. The molecule has 0 amide bonds. The van der Waals surface area contributed by atoms with Crippen LogP contribution in [0, 0.1) is 0 Å². The average Bonchev–Trinajstić information content (AvgIpc) is 2.95. The van der Waals surface area contributed by atoms with E-state index in [9.17, 15) is 0 Å². The second-order valence-corrected chi connectivity index (χ2v) is 7.38. The molecule has 0 spiro atoms. The van der Waals surface area contributed by atoms with Crippen LogP contribution < -0.4 is 14.9 Å². The Labute approximate surface area is 159 Å². The Balaban J connectivity index is 1.62. The molecule has 8 heteroatoms. The van der Waals surface area contributed by atoms with Crippen LogP contribution in [0.2, 0.25) is 0 Å². The SMILES string of the molecule is CCN1CCCC1CNc1nc([NH][Al])nc(NC2CCCCCC2)n1. The number of aromatic nitrogens is 3. The fraction of sp³-hybridized carbons (Fsp3) is 0.824. The molecule has 1 aromatic rings. The number of anilines is 3. The first-order chi connectivity index (χ1) is 12.3. The lowest BCUT2D eigenvalue weighted by Gasteiger charge is -2.23. The molecule has 1 aliphatic carbocycles. The van der Waals surface area contributed by atoms with Crippen LogP contribution in [0.4, 0.5) is 17.8 Å². The van der Waals surface area contributed by atoms with Crippen LogP contribution in [0.3, 0.4) is 0 Å². The van der Waals surface area contributed by atoms with Crippen molar-refractivity contribution in [3.05, 3.63) is 0 Å². The van der Waals surface area contributed by atoms with Crippen LogP contribution in [0.1, 0.15) is 58.3 Å². The van der Waals surface area contributed by atoms with Crippen molar-refractivity contribution in [2.45, 2.75) is 70.4 Å². The van der Waals surface area contributed by atoms with Crippen LogP contribution in [0.25, 0.3) is 0 Å². The van der Waals surface area contributed by atoms with E-state index in [2.05, 4.69) is 58.2 Å². The first-order valence-corrected chi connectivity index (χ1v) is 10.3. The molecule has 3 N–H and O–H groups in total. The van der Waals surface area contributed by atoms with Crippen molar-refractivity contribution < 1.29 is 0 Å². The number of hydrogen-bond donors (Lipinski definition) is 3. The van der Waals surface area contributed by atoms with Crippen LogP contribution in [-0.4, -0.2) is 68.1 Å². The van der Waals surface area contributed by atoms with E-state index >= 15 is 0 Å². The van der Waals surface area contributed by atoms with Gasteiger partial charge in [-0.25, -0.2) is 0 Å². The average molecular weight is 359 g/mol. The van der Waals surface area contributed by atoms with Gasteiger partial charge in [-0.3, -0.25) is 4.90 Å². The predicted molar refractivity (Wildman–Crippen MR) is 103 cm³/mol. The van der Waals surface area contributed by atoms with Crippen LogP contribution in [-0.2, 0) is 0 Å². The number of nitrogens with zero attached hydrogens (tertiary/aromatic N) is 4. The lowest BCUT2D eigenvalue weighted by molar-refractivity contribution is 0.277. The molecule has 2 fully saturated rings. The predicted octanol–water partition coefficient (Wildman–Crippen LogP) is 2.40. The molecule has 2 radical (unpaired) electrons. The summed E-state index contributed by atoms with van der Waals surface area (Å²) in [5, 5.41) is 6.94. The van der Waals surface area contributed by atoms with Gasteiger partial charge in [-0.1, -0.05) is 32.6 Å². The standard InChI is InChI=1S/C17H30N7.Al/c1-2-24-11-7-10-14(24)12-19-16-21-15(18)22-17(23-16)20-13-8-5-3-4-6-9-13;/h13-14H,2-12H2,1H3,(H3-,18,19,20,21,22,23);/q-1;+1. The monoisotopic (exact) mass is 359 g/mol. The van der Waals surface area contributed by atoms with E-state index in [1.165, 1.54) is 57.9 Å². The van der Waals surface area contributed by atoms with Crippen molar-refractivity contribution >= 4 is 34.4 Å². The number of rotatable bonds is 7. The summed E-state index contributed by atoms with van der Waals surface area (Å²) in [6.45, 7) is 5.42. The minimum atomic E-state index is 0.473. The second kappa shape index (κ2) is 9.56. The largest absolute Gasteiger partial charge is 0.461 e. The van der Waals surface area contributed by atoms with Gasteiger partial charge >= 0.3 is 16.5 Å². The van der Waals surface area contributed by atoms with Crippen molar-refractivity contribution in [3.63, 3.8) is 0 Å². The molecule has 1 saturated heterocycles. The Morgan fingerprint density at radius 1 is 0.960 bits per heavy atom. The molecule has 2 heterocycles. The summed E-state index contributed by atoms with van der Waals surface area (Å²) in [6, 6.07) is 1.05. The third-order valence-electron chi connectivity index (χ3n) is 5.35. The number of nitrogens with one attached hydrogen (secondary N) is 3. The molecule has 1 aromatic heterocycles. The third-order valence-corrected chi connectivity index (χ3v) is 5.61. The molecule has 25 heavy (non-hydrogen) atoms. The van der Waals surface area contributed by atoms with Crippen molar-refractivity contribution in [3.8, 4) is 0 Å². The zero-order valence-corrected chi connectivity index (χ0v) is 16.5. The van der Waals surface area contributed by atoms with Gasteiger partial charge in [-0.2, -0.15) is 15.0 Å². The Hall–Kier alpha value is -1.10. The minimum Gasteiger partial charge on any atom is -0.461 e. The van der Waals surface area contributed by atoms with E-state index in [0.717, 1.165) is 13.1 Å². The molecule has 3 rings (SSSR count). The fourth-order valence-corrected chi connectivity index (χ4v) is 4.07. The summed E-state index contributed by atoms with van der Waals surface area (Å²) in [6.07, 6.45) is 10.2. The highest BCUT2D eigenvalue weighted by Crippen LogP contribution is 2.21. The highest BCUT2D eigenvalue weighted by atomic mass is 27.1. The Bertz CT molecular complexity index is 534. The number of hydrogen-bond acceptors (Lipinski definition) is 7. The summed E-state index contributed by atoms with van der Waals surface area (Å²) in [4.78, 5) is 16.1. The van der Waals surface area contributed by atoms with Crippen molar-refractivity contribution in [1.82, 2.24) is 19.9 Å². The quantitative estimate of drug-likeness (QED) is 0.510. The van der Waals surface area contributed by atoms with Gasteiger partial charge in [0, 0.05) is 18.6 Å². The van der Waals surface area contributed by atoms with E-state index in [-0.39, 0.29) is 0 Å². The minimum absolute atomic E-state index is 0.473. The Morgan fingerprint density at radius 2 is 1.68 bits per heavy atom. The molecule has 2 aliphatic rings. The summed E-state index contributed by atoms with van der Waals surface area (Å²) in [7, 11) is 0. The maximum atomic E-state index is 4.61. The first-order valence-electron chi connectivity index (χ1n) is 9.75. The van der Waals surface area contributed by atoms with Crippen LogP contribution in [0.5, 0.6) is 0 Å². The second-order valence-electron chi connectivity index (χ2n) is 7.09. The molecular weight excluding hydrogens is 329 g/mol. The molecule has 0 bridgehead atoms. The lowest BCUT2D eigenvalue weighted by atomic mass is 10.1. The summed E-state index contributed by atoms with van der Waals surface area (Å²) < 4.78 is 2.97. The van der Waals surface area contributed by atoms with Crippen molar-refractivity contribution in [2.75, 3.05) is 34.6 Å². The molecule has 7 nitrogen and oxygen atoms in total. The maximum Gasteiger partial charge on any atom is 0.310 e. The smallest absolute Gasteiger partial charge is 0.310 e.